The molecule has 94 valence electrons. The number of allylic oxidation sites excluding steroid dienone is 1. The van der Waals surface area contributed by atoms with E-state index >= 15 is 0 Å². The topological polar surface area (TPSA) is 37.4 Å². The van der Waals surface area contributed by atoms with Crippen molar-refractivity contribution in [1.82, 2.24) is 4.90 Å². The molecule has 0 aromatic heterocycles. The molecule has 0 radical (unpaired) electrons. The predicted molar refractivity (Wildman–Crippen MR) is 71.5 cm³/mol. The smallest absolute Gasteiger partial charge is 0.237 e. The van der Waals surface area contributed by atoms with Gasteiger partial charge < -0.3 is 4.90 Å². The zero-order valence-corrected chi connectivity index (χ0v) is 11.5. The highest BCUT2D eigenvalue weighted by Crippen LogP contribution is 2.30. The normalized spacial score (nSPS) is 18.9. The Morgan fingerprint density at radius 2 is 2.18 bits per heavy atom. The molecule has 0 unspecified atom stereocenters. The van der Waals surface area contributed by atoms with Crippen molar-refractivity contribution in [2.24, 2.45) is 5.41 Å². The van der Waals surface area contributed by atoms with Crippen LogP contribution < -0.4 is 0 Å². The first-order chi connectivity index (χ1) is 7.86. The second kappa shape index (κ2) is 5.54. The number of amides is 1. The molecule has 0 aromatic rings. The molecule has 1 amide bonds. The molecule has 1 heterocycles. The van der Waals surface area contributed by atoms with Gasteiger partial charge in [-0.1, -0.05) is 38.6 Å². The first-order valence-corrected chi connectivity index (χ1v) is 6.65. The van der Waals surface area contributed by atoms with Crippen molar-refractivity contribution in [2.45, 2.75) is 27.2 Å². The molecule has 1 fully saturated rings. The van der Waals surface area contributed by atoms with Crippen molar-refractivity contribution in [3.63, 3.8) is 0 Å². The molecule has 0 aliphatic carbocycles. The summed E-state index contributed by atoms with van der Waals surface area (Å²) < 4.78 is 0. The Morgan fingerprint density at radius 1 is 1.53 bits per heavy atom. The zero-order valence-electron chi connectivity index (χ0n) is 10.7. The molecule has 3 nitrogen and oxygen atoms in total. The number of carbonyl (C=O) groups is 2. The summed E-state index contributed by atoms with van der Waals surface area (Å²) in [6.07, 6.45) is 4.12. The lowest BCUT2D eigenvalue weighted by atomic mass is 9.91. The summed E-state index contributed by atoms with van der Waals surface area (Å²) in [4.78, 5) is 25.2. The average molecular weight is 253 g/mol. The summed E-state index contributed by atoms with van der Waals surface area (Å²) in [6.45, 7) is 9.88. The van der Waals surface area contributed by atoms with Crippen LogP contribution in [-0.4, -0.2) is 28.9 Å². The van der Waals surface area contributed by atoms with Gasteiger partial charge >= 0.3 is 0 Å². The fourth-order valence-corrected chi connectivity index (χ4v) is 2.28. The van der Waals surface area contributed by atoms with Gasteiger partial charge in [-0.3, -0.25) is 9.59 Å². The molecule has 4 heteroatoms. The van der Waals surface area contributed by atoms with Crippen LogP contribution in [-0.2, 0) is 9.59 Å². The van der Waals surface area contributed by atoms with Gasteiger partial charge in [-0.15, -0.1) is 6.58 Å². The van der Waals surface area contributed by atoms with Crippen LogP contribution in [0.1, 0.15) is 27.2 Å². The average Bonchev–Trinajstić information content (AvgIpc) is 2.56. The third-order valence-electron chi connectivity index (χ3n) is 2.46. The number of ketones is 1. The molecule has 1 aliphatic rings. The first kappa shape index (κ1) is 14.0. The Hall–Kier alpha value is -1.03. The summed E-state index contributed by atoms with van der Waals surface area (Å²) in [6, 6.07) is 0. The monoisotopic (exact) mass is 253 g/mol. The van der Waals surface area contributed by atoms with E-state index in [0.717, 1.165) is 11.4 Å². The van der Waals surface area contributed by atoms with Crippen LogP contribution in [0.3, 0.4) is 0 Å². The van der Waals surface area contributed by atoms with Crippen LogP contribution in [0.15, 0.2) is 23.8 Å². The second-order valence-corrected chi connectivity index (χ2v) is 6.00. The standard InChI is InChI=1S/C13H19NO2S/c1-5-6-7-14-11(16)9-17-12(14)8-10(15)13(2,3)4/h5,8H,1,6-7,9H2,2-4H3. The molecule has 0 aromatic carbocycles. The summed E-state index contributed by atoms with van der Waals surface area (Å²) in [7, 11) is 0. The van der Waals surface area contributed by atoms with E-state index in [2.05, 4.69) is 6.58 Å². The molecule has 17 heavy (non-hydrogen) atoms. The molecule has 1 aliphatic heterocycles. The Balaban J connectivity index is 2.81. The van der Waals surface area contributed by atoms with Gasteiger partial charge in [-0.25, -0.2) is 0 Å². The third kappa shape index (κ3) is 3.73. The van der Waals surface area contributed by atoms with Crippen LogP contribution >= 0.6 is 11.8 Å². The molecular weight excluding hydrogens is 234 g/mol. The van der Waals surface area contributed by atoms with Crippen LogP contribution in [0, 0.1) is 5.41 Å². The van der Waals surface area contributed by atoms with E-state index in [1.807, 2.05) is 20.8 Å². The van der Waals surface area contributed by atoms with Gasteiger partial charge in [-0.2, -0.15) is 0 Å². The number of rotatable bonds is 4. The summed E-state index contributed by atoms with van der Waals surface area (Å²) in [5, 5.41) is 0.775. The van der Waals surface area contributed by atoms with E-state index in [1.54, 1.807) is 17.1 Å². The van der Waals surface area contributed by atoms with Crippen molar-refractivity contribution in [1.29, 1.82) is 0 Å². The molecule has 0 atom stereocenters. The Bertz CT molecular complexity index is 366. The number of hydrogen-bond acceptors (Lipinski definition) is 3. The van der Waals surface area contributed by atoms with E-state index in [1.165, 1.54) is 11.8 Å². The van der Waals surface area contributed by atoms with Gasteiger partial charge in [-0.05, 0) is 6.42 Å². The van der Waals surface area contributed by atoms with Crippen LogP contribution in [0.25, 0.3) is 0 Å². The zero-order chi connectivity index (χ0) is 13.1. The lowest BCUT2D eigenvalue weighted by Crippen LogP contribution is -2.27. The van der Waals surface area contributed by atoms with E-state index in [9.17, 15) is 9.59 Å². The SMILES string of the molecule is C=CCCN1C(=O)CSC1=CC(=O)C(C)(C)C. The minimum Gasteiger partial charge on any atom is -0.306 e. The molecule has 0 spiro atoms. The van der Waals surface area contributed by atoms with Gasteiger partial charge in [0.25, 0.3) is 0 Å². The Morgan fingerprint density at radius 3 is 2.71 bits per heavy atom. The molecule has 0 saturated carbocycles. The second-order valence-electron chi connectivity index (χ2n) is 5.01. The van der Waals surface area contributed by atoms with E-state index < -0.39 is 5.41 Å². The largest absolute Gasteiger partial charge is 0.306 e. The molecule has 0 bridgehead atoms. The van der Waals surface area contributed by atoms with Crippen LogP contribution in [0.4, 0.5) is 0 Å². The van der Waals surface area contributed by atoms with E-state index in [-0.39, 0.29) is 11.7 Å². The van der Waals surface area contributed by atoms with Crippen molar-refractivity contribution in [3.8, 4) is 0 Å². The number of thioether (sulfide) groups is 1. The maximum absolute atomic E-state index is 11.9. The Kier molecular flexibility index (Phi) is 4.57. The van der Waals surface area contributed by atoms with E-state index in [4.69, 9.17) is 0 Å². The highest BCUT2D eigenvalue weighted by atomic mass is 32.2. The summed E-state index contributed by atoms with van der Waals surface area (Å²) in [5.41, 5.74) is -0.399. The van der Waals surface area contributed by atoms with Gasteiger partial charge in [0.05, 0.1) is 10.8 Å². The number of nitrogens with zero attached hydrogens (tertiary/aromatic N) is 1. The molecule has 0 N–H and O–H groups in total. The molecule has 1 saturated heterocycles. The lowest BCUT2D eigenvalue weighted by molar-refractivity contribution is -0.125. The Labute approximate surface area is 107 Å². The van der Waals surface area contributed by atoms with Crippen LogP contribution in [0.5, 0.6) is 0 Å². The van der Waals surface area contributed by atoms with Crippen molar-refractivity contribution in [3.05, 3.63) is 23.8 Å². The van der Waals surface area contributed by atoms with Gasteiger partial charge in [0.15, 0.2) is 5.78 Å². The first-order valence-electron chi connectivity index (χ1n) is 5.66. The van der Waals surface area contributed by atoms with Gasteiger partial charge in [0.1, 0.15) is 0 Å². The summed E-state index contributed by atoms with van der Waals surface area (Å²) >= 11 is 1.44. The van der Waals surface area contributed by atoms with Gasteiger partial charge in [0, 0.05) is 18.0 Å². The number of hydrogen-bond donors (Lipinski definition) is 0. The van der Waals surface area contributed by atoms with Crippen molar-refractivity contribution in [2.75, 3.05) is 12.3 Å². The quantitative estimate of drug-likeness (QED) is 0.571. The molecular formula is C13H19NO2S. The maximum atomic E-state index is 11.9. The lowest BCUT2D eigenvalue weighted by Gasteiger charge is -2.18. The maximum Gasteiger partial charge on any atom is 0.237 e. The van der Waals surface area contributed by atoms with Crippen LogP contribution in [0.2, 0.25) is 0 Å². The minimum atomic E-state index is -0.399. The minimum absolute atomic E-state index is 0.0540. The predicted octanol–water partition coefficient (Wildman–Crippen LogP) is 2.59. The fourth-order valence-electron chi connectivity index (χ4n) is 1.32. The highest BCUT2D eigenvalue weighted by molar-refractivity contribution is 8.04. The third-order valence-corrected chi connectivity index (χ3v) is 3.49. The highest BCUT2D eigenvalue weighted by Gasteiger charge is 2.28. The summed E-state index contributed by atoms with van der Waals surface area (Å²) in [5.74, 6) is 0.559. The number of carbonyl (C=O) groups excluding carboxylic acids is 2. The van der Waals surface area contributed by atoms with Crippen molar-refractivity contribution < 1.29 is 9.59 Å². The van der Waals surface area contributed by atoms with Gasteiger partial charge in [0.2, 0.25) is 5.91 Å². The van der Waals surface area contributed by atoms with E-state index in [0.29, 0.717) is 12.3 Å². The molecule has 1 rings (SSSR count). The fraction of sp³-hybridized carbons (Fsp3) is 0.538. The van der Waals surface area contributed by atoms with Crippen molar-refractivity contribution >= 4 is 23.5 Å².